The molecule has 1 aromatic heterocycles. The van der Waals surface area contributed by atoms with Gasteiger partial charge in [0.15, 0.2) is 0 Å². The monoisotopic (exact) mass is 459 g/mol. The number of hydrogen-bond acceptors (Lipinski definition) is 5. The summed E-state index contributed by atoms with van der Waals surface area (Å²) in [5, 5.41) is 0.364. The Hall–Kier alpha value is -2.32. The highest BCUT2D eigenvalue weighted by Gasteiger charge is 2.32. The number of halogens is 1. The van der Waals surface area contributed by atoms with Gasteiger partial charge >= 0.3 is 0 Å². The number of rotatable bonds is 4. The molecule has 0 radical (unpaired) electrons. The van der Waals surface area contributed by atoms with E-state index < -0.39 is 0 Å². The maximum absolute atomic E-state index is 13.0. The summed E-state index contributed by atoms with van der Waals surface area (Å²) in [6.45, 7) is 0.587. The molecule has 28 heavy (non-hydrogen) atoms. The van der Waals surface area contributed by atoms with Crippen LogP contribution >= 0.6 is 27.7 Å². The van der Waals surface area contributed by atoms with Gasteiger partial charge in [-0.15, -0.1) is 11.8 Å². The molecule has 0 spiro atoms. The second-order valence-electron chi connectivity index (χ2n) is 6.39. The summed E-state index contributed by atoms with van der Waals surface area (Å²) >= 11 is 5.18. The molecule has 1 unspecified atom stereocenters. The molecule has 144 valence electrons. The highest BCUT2D eigenvalue weighted by atomic mass is 79.9. The van der Waals surface area contributed by atoms with Crippen molar-refractivity contribution in [3.05, 3.63) is 69.2 Å². The zero-order valence-corrected chi connectivity index (χ0v) is 17.6. The maximum atomic E-state index is 13.0. The second-order valence-corrected chi connectivity index (χ2v) is 8.50. The van der Waals surface area contributed by atoms with E-state index in [1.54, 1.807) is 42.0 Å². The van der Waals surface area contributed by atoms with Gasteiger partial charge in [0.05, 0.1) is 24.3 Å². The summed E-state index contributed by atoms with van der Waals surface area (Å²) in [5.74, 6) is 1.46. The molecule has 3 aromatic rings. The van der Waals surface area contributed by atoms with E-state index in [1.807, 2.05) is 24.3 Å². The first-order valence-corrected chi connectivity index (χ1v) is 10.6. The Morgan fingerprint density at radius 1 is 1.32 bits per heavy atom. The fourth-order valence-corrected chi connectivity index (χ4v) is 5.01. The van der Waals surface area contributed by atoms with Crippen LogP contribution in [0.2, 0.25) is 0 Å². The van der Waals surface area contributed by atoms with Crippen molar-refractivity contribution in [2.45, 2.75) is 11.9 Å². The molecule has 0 aliphatic carbocycles. The molecule has 1 fully saturated rings. The van der Waals surface area contributed by atoms with E-state index in [4.69, 9.17) is 4.74 Å². The number of hydrogen-bond donors (Lipinski definition) is 0. The Balaban J connectivity index is 1.62. The summed E-state index contributed by atoms with van der Waals surface area (Å²) < 4.78 is 7.80. The van der Waals surface area contributed by atoms with Crippen molar-refractivity contribution in [3.8, 4) is 5.75 Å². The lowest BCUT2D eigenvalue weighted by Gasteiger charge is -2.26. The third-order valence-corrected chi connectivity index (χ3v) is 6.44. The highest BCUT2D eigenvalue weighted by molar-refractivity contribution is 9.10. The van der Waals surface area contributed by atoms with Gasteiger partial charge in [-0.2, -0.15) is 0 Å². The van der Waals surface area contributed by atoms with Gasteiger partial charge in [-0.1, -0.05) is 28.1 Å². The van der Waals surface area contributed by atoms with Crippen molar-refractivity contribution < 1.29 is 9.53 Å². The lowest BCUT2D eigenvalue weighted by Crippen LogP contribution is -2.36. The van der Waals surface area contributed by atoms with Crippen molar-refractivity contribution >= 4 is 44.5 Å². The minimum atomic E-state index is -0.206. The van der Waals surface area contributed by atoms with E-state index in [2.05, 4.69) is 20.9 Å². The number of thioether (sulfide) groups is 1. The third kappa shape index (κ3) is 3.54. The summed E-state index contributed by atoms with van der Waals surface area (Å²) in [4.78, 5) is 31.8. The molecule has 1 amide bonds. The summed E-state index contributed by atoms with van der Waals surface area (Å²) in [5.41, 5.74) is 1.36. The van der Waals surface area contributed by atoms with Crippen LogP contribution in [0.25, 0.3) is 10.9 Å². The Labute approximate surface area is 174 Å². The molecule has 4 rings (SSSR count). The number of nitrogens with zero attached hydrogens (tertiary/aromatic N) is 3. The van der Waals surface area contributed by atoms with E-state index in [0.29, 0.717) is 17.4 Å². The van der Waals surface area contributed by atoms with E-state index >= 15 is 0 Å². The van der Waals surface area contributed by atoms with Crippen LogP contribution in [0.15, 0.2) is 58.1 Å². The summed E-state index contributed by atoms with van der Waals surface area (Å²) in [7, 11) is 1.62. The van der Waals surface area contributed by atoms with Gasteiger partial charge in [-0.05, 0) is 30.3 Å². The molecular formula is C20H18BrN3O3S. The summed E-state index contributed by atoms with van der Waals surface area (Å²) in [6.07, 6.45) is 1.44. The quantitative estimate of drug-likeness (QED) is 0.597. The minimum Gasteiger partial charge on any atom is -0.496 e. The molecule has 1 aliphatic rings. The van der Waals surface area contributed by atoms with Crippen molar-refractivity contribution in [1.29, 1.82) is 0 Å². The molecule has 2 aromatic carbocycles. The van der Waals surface area contributed by atoms with Crippen LogP contribution in [-0.2, 0) is 11.3 Å². The van der Waals surface area contributed by atoms with Gasteiger partial charge in [-0.3, -0.25) is 14.2 Å². The number of carbonyl (C=O) groups is 1. The van der Waals surface area contributed by atoms with E-state index in [9.17, 15) is 9.59 Å². The molecule has 0 saturated carbocycles. The summed E-state index contributed by atoms with van der Waals surface area (Å²) in [6, 6.07) is 12.9. The predicted octanol–water partition coefficient (Wildman–Crippen LogP) is 3.44. The number of amides is 1. The fourth-order valence-electron chi connectivity index (χ4n) is 3.34. The largest absolute Gasteiger partial charge is 0.496 e. The average molecular weight is 460 g/mol. The maximum Gasteiger partial charge on any atom is 0.261 e. The lowest BCUT2D eigenvalue weighted by atomic mass is 10.2. The average Bonchev–Trinajstić information content (AvgIpc) is 3.20. The molecule has 8 heteroatoms. The molecule has 1 atom stereocenters. The zero-order valence-electron chi connectivity index (χ0n) is 15.2. The van der Waals surface area contributed by atoms with E-state index in [1.165, 1.54) is 10.9 Å². The minimum absolute atomic E-state index is 0.0377. The Bertz CT molecular complexity index is 1100. The van der Waals surface area contributed by atoms with Crippen molar-refractivity contribution in [3.63, 3.8) is 0 Å². The molecule has 1 aliphatic heterocycles. The second kappa shape index (κ2) is 7.97. The molecule has 2 heterocycles. The Morgan fingerprint density at radius 3 is 2.96 bits per heavy atom. The van der Waals surface area contributed by atoms with Crippen LogP contribution in [-0.4, -0.2) is 39.8 Å². The first-order chi connectivity index (χ1) is 13.6. The van der Waals surface area contributed by atoms with Gasteiger partial charge in [0.25, 0.3) is 5.56 Å². The van der Waals surface area contributed by atoms with E-state index in [-0.39, 0.29) is 23.4 Å². The topological polar surface area (TPSA) is 64.4 Å². The SMILES string of the molecule is COc1ccc(Br)cc1C1SCCN1C(=O)Cn1cnc2ccccc2c1=O. The van der Waals surface area contributed by atoms with Crippen LogP contribution in [0.5, 0.6) is 5.75 Å². The number of aromatic nitrogens is 2. The number of carbonyl (C=O) groups excluding carboxylic acids is 1. The van der Waals surface area contributed by atoms with Crippen LogP contribution in [0, 0.1) is 0 Å². The molecule has 0 bridgehead atoms. The number of benzene rings is 2. The number of para-hydroxylation sites is 1. The molecule has 6 nitrogen and oxygen atoms in total. The van der Waals surface area contributed by atoms with Crippen LogP contribution in [0.4, 0.5) is 0 Å². The van der Waals surface area contributed by atoms with Gasteiger partial charge in [0.1, 0.15) is 17.7 Å². The Kier molecular flexibility index (Phi) is 5.41. The lowest BCUT2D eigenvalue weighted by molar-refractivity contribution is -0.132. The van der Waals surface area contributed by atoms with Gasteiger partial charge in [-0.25, -0.2) is 4.98 Å². The van der Waals surface area contributed by atoms with Gasteiger partial charge in [0.2, 0.25) is 5.91 Å². The molecule has 0 N–H and O–H groups in total. The smallest absolute Gasteiger partial charge is 0.261 e. The molecule has 1 saturated heterocycles. The van der Waals surface area contributed by atoms with Crippen LogP contribution in [0.3, 0.4) is 0 Å². The van der Waals surface area contributed by atoms with Crippen LogP contribution < -0.4 is 10.3 Å². The Morgan fingerprint density at radius 2 is 2.14 bits per heavy atom. The van der Waals surface area contributed by atoms with E-state index in [0.717, 1.165) is 21.5 Å². The highest BCUT2D eigenvalue weighted by Crippen LogP contribution is 2.42. The van der Waals surface area contributed by atoms with Gasteiger partial charge in [0, 0.05) is 22.3 Å². The van der Waals surface area contributed by atoms with Gasteiger partial charge < -0.3 is 9.64 Å². The zero-order chi connectivity index (χ0) is 19.7. The normalized spacial score (nSPS) is 16.5. The fraction of sp³-hybridized carbons (Fsp3) is 0.250. The first-order valence-electron chi connectivity index (χ1n) is 8.77. The molecular weight excluding hydrogens is 442 g/mol. The first kappa shape index (κ1) is 19.0. The standard InChI is InChI=1S/C20H18BrN3O3S/c1-27-17-7-6-13(21)10-15(17)20-24(8-9-28-20)18(25)11-23-12-22-16-5-3-2-4-14(16)19(23)26/h2-7,10,12,20H,8-9,11H2,1H3. The van der Waals surface area contributed by atoms with Crippen molar-refractivity contribution in [2.24, 2.45) is 0 Å². The number of ether oxygens (including phenoxy) is 1. The van der Waals surface area contributed by atoms with Crippen LogP contribution in [0.1, 0.15) is 10.9 Å². The van der Waals surface area contributed by atoms with Crippen molar-refractivity contribution in [1.82, 2.24) is 14.5 Å². The predicted molar refractivity (Wildman–Crippen MR) is 114 cm³/mol. The third-order valence-electron chi connectivity index (χ3n) is 4.71. The number of fused-ring (bicyclic) bond motifs is 1. The van der Waals surface area contributed by atoms with Crippen molar-refractivity contribution in [2.75, 3.05) is 19.4 Å². The number of methoxy groups -OCH3 is 1.